The summed E-state index contributed by atoms with van der Waals surface area (Å²) in [5.74, 6) is -4.29. The molecule has 0 bridgehead atoms. The van der Waals surface area contributed by atoms with E-state index in [4.69, 9.17) is 4.74 Å². The molecule has 0 unspecified atom stereocenters. The summed E-state index contributed by atoms with van der Waals surface area (Å²) in [7, 11) is 0. The summed E-state index contributed by atoms with van der Waals surface area (Å²) in [6.45, 7) is 6.27. The van der Waals surface area contributed by atoms with E-state index in [-0.39, 0.29) is 23.9 Å². The zero-order chi connectivity index (χ0) is 25.3. The predicted molar refractivity (Wildman–Crippen MR) is 120 cm³/mol. The first-order valence-electron chi connectivity index (χ1n) is 10.9. The van der Waals surface area contributed by atoms with E-state index in [0.717, 1.165) is 23.3 Å². The maximum Gasteiger partial charge on any atom is 0.410 e. The van der Waals surface area contributed by atoms with Crippen LogP contribution in [0.4, 0.5) is 23.8 Å². The molecule has 0 atom stereocenters. The molecular formula is C24H24F3N5O3. The highest BCUT2D eigenvalue weighted by Gasteiger charge is 2.26. The number of ether oxygens (including phenoxy) is 1. The molecular weight excluding hydrogens is 463 g/mol. The summed E-state index contributed by atoms with van der Waals surface area (Å²) in [4.78, 5) is 34.8. The van der Waals surface area contributed by atoms with Crippen molar-refractivity contribution in [2.45, 2.75) is 45.9 Å². The number of aromatic nitrogens is 3. The summed E-state index contributed by atoms with van der Waals surface area (Å²) in [5.41, 5.74) is 1.50. The van der Waals surface area contributed by atoms with Crippen LogP contribution in [0, 0.1) is 17.5 Å². The molecule has 8 nitrogen and oxygen atoms in total. The number of hydrogen-bond acceptors (Lipinski definition) is 5. The van der Waals surface area contributed by atoms with Crippen LogP contribution in [0.2, 0.25) is 0 Å². The average Bonchev–Trinajstić information content (AvgIpc) is 3.24. The van der Waals surface area contributed by atoms with Crippen molar-refractivity contribution in [1.29, 1.82) is 0 Å². The Morgan fingerprint density at radius 2 is 1.80 bits per heavy atom. The van der Waals surface area contributed by atoms with Gasteiger partial charge in [-0.1, -0.05) is 0 Å². The topological polar surface area (TPSA) is 89.4 Å². The van der Waals surface area contributed by atoms with Gasteiger partial charge in [0, 0.05) is 25.5 Å². The molecule has 11 heteroatoms. The van der Waals surface area contributed by atoms with Gasteiger partial charge in [-0.05, 0) is 62.1 Å². The third-order valence-electron chi connectivity index (χ3n) is 5.26. The molecule has 0 fully saturated rings. The Balaban J connectivity index is 1.39. The van der Waals surface area contributed by atoms with Gasteiger partial charge in [0.1, 0.15) is 17.1 Å². The van der Waals surface area contributed by atoms with Gasteiger partial charge in [0.05, 0.1) is 12.9 Å². The Labute approximate surface area is 199 Å². The van der Waals surface area contributed by atoms with Gasteiger partial charge in [0.15, 0.2) is 17.5 Å². The maximum atomic E-state index is 13.4. The lowest BCUT2D eigenvalue weighted by atomic mass is 10.0. The Kier molecular flexibility index (Phi) is 6.51. The number of hydrogen-bond donors (Lipinski definition) is 1. The monoisotopic (exact) mass is 487 g/mol. The molecule has 0 aliphatic carbocycles. The fraction of sp³-hybridized carbons (Fsp3) is 0.333. The molecule has 1 aliphatic rings. The maximum absolute atomic E-state index is 13.4. The van der Waals surface area contributed by atoms with Gasteiger partial charge in [-0.2, -0.15) is 0 Å². The Morgan fingerprint density at radius 1 is 1.09 bits per heavy atom. The minimum atomic E-state index is -1.53. The van der Waals surface area contributed by atoms with Crippen molar-refractivity contribution in [3.05, 3.63) is 76.8 Å². The predicted octanol–water partition coefficient (Wildman–Crippen LogP) is 4.29. The van der Waals surface area contributed by atoms with Crippen LogP contribution in [0.25, 0.3) is 0 Å². The van der Waals surface area contributed by atoms with Gasteiger partial charge in [-0.25, -0.2) is 27.9 Å². The Hall–Kier alpha value is -3.89. The van der Waals surface area contributed by atoms with E-state index in [1.807, 2.05) is 20.8 Å². The second-order valence-corrected chi connectivity index (χ2v) is 9.25. The molecule has 35 heavy (non-hydrogen) atoms. The highest BCUT2D eigenvalue weighted by atomic mass is 19.2. The molecule has 1 aliphatic heterocycles. The summed E-state index contributed by atoms with van der Waals surface area (Å²) < 4.78 is 46.9. The fourth-order valence-corrected chi connectivity index (χ4v) is 3.65. The van der Waals surface area contributed by atoms with Crippen LogP contribution in [0.3, 0.4) is 0 Å². The van der Waals surface area contributed by atoms with Gasteiger partial charge in [0.2, 0.25) is 0 Å². The van der Waals surface area contributed by atoms with Gasteiger partial charge in [0.25, 0.3) is 5.91 Å². The molecule has 2 amide bonds. The summed E-state index contributed by atoms with van der Waals surface area (Å²) in [5, 5.41) is 2.68. The number of halogens is 3. The summed E-state index contributed by atoms with van der Waals surface area (Å²) in [6, 6.07) is 3.53. The second-order valence-electron chi connectivity index (χ2n) is 9.25. The molecule has 0 radical (unpaired) electrons. The van der Waals surface area contributed by atoms with Crippen LogP contribution < -0.4 is 5.32 Å². The van der Waals surface area contributed by atoms with Crippen molar-refractivity contribution in [2.24, 2.45) is 0 Å². The molecule has 0 spiro atoms. The summed E-state index contributed by atoms with van der Waals surface area (Å²) in [6.07, 6.45) is 4.55. The smallest absolute Gasteiger partial charge is 0.410 e. The van der Waals surface area contributed by atoms with E-state index in [1.54, 1.807) is 17.2 Å². The van der Waals surface area contributed by atoms with Crippen LogP contribution in [0.15, 0.2) is 36.9 Å². The number of pyridine rings is 1. The number of carbonyl (C=O) groups is 2. The van der Waals surface area contributed by atoms with Gasteiger partial charge < -0.3 is 19.5 Å². The fourth-order valence-electron chi connectivity index (χ4n) is 3.65. The third-order valence-corrected chi connectivity index (χ3v) is 5.26. The van der Waals surface area contributed by atoms with Crippen LogP contribution in [0.1, 0.15) is 48.0 Å². The van der Waals surface area contributed by atoms with Crippen molar-refractivity contribution < 1.29 is 27.5 Å². The van der Waals surface area contributed by atoms with Gasteiger partial charge in [-0.3, -0.25) is 4.79 Å². The SMILES string of the molecule is CC(C)(C)OC(=O)N1CCc2cc(NC(=O)c3cn(Cc4cc(F)c(F)c(F)c4)cn3)ncc2C1. The zero-order valence-electron chi connectivity index (χ0n) is 19.4. The summed E-state index contributed by atoms with van der Waals surface area (Å²) >= 11 is 0. The number of imidazole rings is 1. The lowest BCUT2D eigenvalue weighted by molar-refractivity contribution is 0.0223. The van der Waals surface area contributed by atoms with E-state index < -0.39 is 29.0 Å². The lowest BCUT2D eigenvalue weighted by Crippen LogP contribution is -2.40. The molecule has 1 aromatic carbocycles. The number of benzene rings is 1. The molecule has 3 heterocycles. The Morgan fingerprint density at radius 3 is 2.49 bits per heavy atom. The number of nitrogens with zero attached hydrogens (tertiary/aromatic N) is 4. The average molecular weight is 487 g/mol. The number of nitrogens with one attached hydrogen (secondary N) is 1. The van der Waals surface area contributed by atoms with Crippen LogP contribution in [0.5, 0.6) is 0 Å². The van der Waals surface area contributed by atoms with E-state index in [0.29, 0.717) is 25.3 Å². The second kappa shape index (κ2) is 9.40. The lowest BCUT2D eigenvalue weighted by Gasteiger charge is -2.31. The first kappa shape index (κ1) is 24.2. The van der Waals surface area contributed by atoms with Crippen LogP contribution in [-0.4, -0.2) is 43.6 Å². The highest BCUT2D eigenvalue weighted by Crippen LogP contribution is 2.23. The molecule has 0 saturated heterocycles. The molecule has 3 aromatic rings. The van der Waals surface area contributed by atoms with Gasteiger partial charge >= 0.3 is 6.09 Å². The largest absolute Gasteiger partial charge is 0.444 e. The van der Waals surface area contributed by atoms with Crippen molar-refractivity contribution in [3.8, 4) is 0 Å². The van der Waals surface area contributed by atoms with E-state index in [9.17, 15) is 22.8 Å². The highest BCUT2D eigenvalue weighted by molar-refractivity contribution is 6.02. The van der Waals surface area contributed by atoms with Crippen molar-refractivity contribution in [2.75, 3.05) is 11.9 Å². The van der Waals surface area contributed by atoms with Crippen molar-refractivity contribution in [3.63, 3.8) is 0 Å². The molecule has 4 rings (SSSR count). The van der Waals surface area contributed by atoms with Crippen LogP contribution in [-0.2, 0) is 24.2 Å². The number of anilines is 1. The minimum absolute atomic E-state index is 0.000354. The molecule has 2 aromatic heterocycles. The number of amides is 2. The first-order chi connectivity index (χ1) is 16.5. The molecule has 184 valence electrons. The van der Waals surface area contributed by atoms with E-state index >= 15 is 0 Å². The number of rotatable bonds is 4. The molecule has 0 saturated carbocycles. The molecule has 1 N–H and O–H groups in total. The van der Waals surface area contributed by atoms with Crippen LogP contribution >= 0.6 is 0 Å². The minimum Gasteiger partial charge on any atom is -0.444 e. The van der Waals surface area contributed by atoms with Gasteiger partial charge in [-0.15, -0.1) is 0 Å². The standard InChI is InChI=1S/C24H24F3N5O3/c1-24(2,3)35-23(34)32-5-4-15-8-20(28-9-16(15)11-32)30-22(33)19-12-31(13-29-19)10-14-6-17(25)21(27)18(26)7-14/h6-9,12-13H,4-5,10-11H2,1-3H3,(H,28,30,33). The number of carbonyl (C=O) groups excluding carboxylic acids is 2. The Bertz CT molecular complexity index is 1260. The number of fused-ring (bicyclic) bond motifs is 1. The van der Waals surface area contributed by atoms with E-state index in [1.165, 1.54) is 17.1 Å². The van der Waals surface area contributed by atoms with Crippen molar-refractivity contribution >= 4 is 17.8 Å². The zero-order valence-corrected chi connectivity index (χ0v) is 19.4. The van der Waals surface area contributed by atoms with E-state index in [2.05, 4.69) is 15.3 Å². The normalized spacial score (nSPS) is 13.4. The quantitative estimate of drug-likeness (QED) is 0.555. The third kappa shape index (κ3) is 5.79. The van der Waals surface area contributed by atoms with Crippen molar-refractivity contribution in [1.82, 2.24) is 19.4 Å². The first-order valence-corrected chi connectivity index (χ1v) is 10.9.